The minimum atomic E-state index is 0.611. The first-order chi connectivity index (χ1) is 25.3. The predicted octanol–water partition coefficient (Wildman–Crippen LogP) is 12.2. The van der Waals surface area contributed by atoms with Crippen LogP contribution in [0.5, 0.6) is 0 Å². The van der Waals surface area contributed by atoms with Crippen LogP contribution in [0, 0.1) is 0 Å². The lowest BCUT2D eigenvalue weighted by Crippen LogP contribution is -2.00. The molecule has 51 heavy (non-hydrogen) atoms. The van der Waals surface area contributed by atoms with E-state index >= 15 is 0 Å². The van der Waals surface area contributed by atoms with Gasteiger partial charge in [0.2, 0.25) is 0 Å². The van der Waals surface area contributed by atoms with Crippen molar-refractivity contribution in [3.63, 3.8) is 0 Å². The summed E-state index contributed by atoms with van der Waals surface area (Å²) < 4.78 is 11.4. The topological polar surface area (TPSA) is 56.7 Å². The maximum absolute atomic E-state index is 6.60. The Morgan fingerprint density at radius 1 is 0.431 bits per heavy atom. The van der Waals surface area contributed by atoms with Crippen LogP contribution >= 0.6 is 11.3 Å². The van der Waals surface area contributed by atoms with E-state index in [0.717, 1.165) is 38.6 Å². The van der Waals surface area contributed by atoms with Crippen molar-refractivity contribution < 1.29 is 4.42 Å². The second-order valence-corrected chi connectivity index (χ2v) is 13.8. The van der Waals surface area contributed by atoms with Gasteiger partial charge in [0, 0.05) is 58.4 Å². The summed E-state index contributed by atoms with van der Waals surface area (Å²) in [6.45, 7) is 0. The summed E-state index contributed by atoms with van der Waals surface area (Å²) in [5, 5.41) is 7.01. The number of thiophene rings is 1. The van der Waals surface area contributed by atoms with Crippen LogP contribution in [-0.2, 0) is 0 Å². The Hall–Kier alpha value is -6.63. The minimum Gasteiger partial charge on any atom is -0.456 e. The minimum absolute atomic E-state index is 0.611. The van der Waals surface area contributed by atoms with Gasteiger partial charge in [0.05, 0.1) is 16.7 Å². The van der Waals surface area contributed by atoms with Gasteiger partial charge in [-0.3, -0.25) is 0 Å². The van der Waals surface area contributed by atoms with Crippen LogP contribution in [0.3, 0.4) is 0 Å². The van der Waals surface area contributed by atoms with E-state index in [4.69, 9.17) is 19.4 Å². The second kappa shape index (κ2) is 10.9. The summed E-state index contributed by atoms with van der Waals surface area (Å²) in [5.41, 5.74) is 7.99. The standard InChI is InChI=1S/C45H26N4OS/c1-3-13-27(14-4-1)43-46-44(28-15-5-2-6-16-28)48-45(47-43)32-19-11-23-36-40(32)41-37(50-36)26-25-31-39-35(22-12-24-38(39)51-42(31)41)49-33-20-9-7-17-29(33)30-18-8-10-21-34(30)49/h1-26H. The Labute approximate surface area is 295 Å². The Balaban J connectivity index is 1.21. The molecule has 6 heteroatoms. The molecule has 0 saturated heterocycles. The van der Waals surface area contributed by atoms with Crippen molar-refractivity contribution in [2.75, 3.05) is 0 Å². The lowest BCUT2D eigenvalue weighted by Gasteiger charge is -2.10. The zero-order valence-electron chi connectivity index (χ0n) is 27.1. The monoisotopic (exact) mass is 670 g/mol. The number of hydrogen-bond acceptors (Lipinski definition) is 5. The van der Waals surface area contributed by atoms with Crippen LogP contribution in [0.1, 0.15) is 0 Å². The normalized spacial score (nSPS) is 11.9. The number of aromatic nitrogens is 4. The third-order valence-electron chi connectivity index (χ3n) is 9.86. The van der Waals surface area contributed by atoms with Gasteiger partial charge < -0.3 is 8.98 Å². The van der Waals surface area contributed by atoms with E-state index in [1.54, 1.807) is 0 Å². The highest BCUT2D eigenvalue weighted by atomic mass is 32.1. The van der Waals surface area contributed by atoms with Crippen LogP contribution in [0.15, 0.2) is 162 Å². The van der Waals surface area contributed by atoms with Gasteiger partial charge in [-0.25, -0.2) is 15.0 Å². The molecule has 0 spiro atoms. The van der Waals surface area contributed by atoms with E-state index in [9.17, 15) is 0 Å². The number of benzene rings is 7. The molecule has 7 aromatic carbocycles. The fourth-order valence-corrected chi connectivity index (χ4v) is 8.92. The second-order valence-electron chi connectivity index (χ2n) is 12.8. The lowest BCUT2D eigenvalue weighted by atomic mass is 10.0. The van der Waals surface area contributed by atoms with Gasteiger partial charge in [-0.2, -0.15) is 0 Å². The quantitative estimate of drug-likeness (QED) is 0.187. The highest BCUT2D eigenvalue weighted by Crippen LogP contribution is 2.47. The molecule has 11 rings (SSSR count). The first kappa shape index (κ1) is 28.2. The summed E-state index contributed by atoms with van der Waals surface area (Å²) in [4.78, 5) is 15.1. The maximum Gasteiger partial charge on any atom is 0.164 e. The van der Waals surface area contributed by atoms with Gasteiger partial charge in [-0.15, -0.1) is 11.3 Å². The first-order valence-corrected chi connectivity index (χ1v) is 17.8. The zero-order valence-corrected chi connectivity index (χ0v) is 27.9. The fourth-order valence-electron chi connectivity index (χ4n) is 7.65. The van der Waals surface area contributed by atoms with Crippen molar-refractivity contribution in [1.82, 2.24) is 19.5 Å². The SMILES string of the molecule is c1ccc(-c2nc(-c3ccccc3)nc(-c3cccc4oc5ccc6c(sc7cccc(-n8c9ccccc9c9ccccc98)c76)c5c34)n2)cc1. The molecule has 0 aliphatic rings. The van der Waals surface area contributed by atoms with Crippen molar-refractivity contribution in [3.05, 3.63) is 158 Å². The molecule has 0 bridgehead atoms. The number of furan rings is 1. The molecule has 0 fully saturated rings. The van der Waals surface area contributed by atoms with Crippen LogP contribution in [0.25, 0.3) is 104 Å². The molecule has 0 atom stereocenters. The summed E-state index contributed by atoms with van der Waals surface area (Å²) in [6, 6.07) is 54.7. The fraction of sp³-hybridized carbons (Fsp3) is 0. The molecule has 0 N–H and O–H groups in total. The highest BCUT2D eigenvalue weighted by Gasteiger charge is 2.22. The number of rotatable bonds is 4. The molecule has 0 amide bonds. The third kappa shape index (κ3) is 4.24. The van der Waals surface area contributed by atoms with E-state index in [1.165, 1.54) is 47.7 Å². The molecule has 5 nitrogen and oxygen atoms in total. The lowest BCUT2D eigenvalue weighted by molar-refractivity contribution is 0.669. The van der Waals surface area contributed by atoms with Crippen molar-refractivity contribution in [2.45, 2.75) is 0 Å². The van der Waals surface area contributed by atoms with Crippen LogP contribution in [-0.4, -0.2) is 19.5 Å². The van der Waals surface area contributed by atoms with Crippen molar-refractivity contribution in [1.29, 1.82) is 0 Å². The average molecular weight is 671 g/mol. The van der Waals surface area contributed by atoms with E-state index in [0.29, 0.717) is 17.5 Å². The molecule has 0 radical (unpaired) electrons. The molecule has 0 aliphatic heterocycles. The smallest absolute Gasteiger partial charge is 0.164 e. The largest absolute Gasteiger partial charge is 0.456 e. The summed E-state index contributed by atoms with van der Waals surface area (Å²) in [5.74, 6) is 1.87. The van der Waals surface area contributed by atoms with Gasteiger partial charge in [-0.05, 0) is 42.5 Å². The maximum atomic E-state index is 6.60. The summed E-state index contributed by atoms with van der Waals surface area (Å²) >= 11 is 1.81. The number of fused-ring (bicyclic) bond motifs is 10. The average Bonchev–Trinajstić information content (AvgIpc) is 3.88. The summed E-state index contributed by atoms with van der Waals surface area (Å²) in [7, 11) is 0. The number of nitrogens with zero attached hydrogens (tertiary/aromatic N) is 4. The molecule has 11 aromatic rings. The van der Waals surface area contributed by atoms with Crippen molar-refractivity contribution >= 4 is 75.3 Å². The third-order valence-corrected chi connectivity index (χ3v) is 11.1. The molecule has 238 valence electrons. The molecule has 0 saturated carbocycles. The molecular weight excluding hydrogens is 645 g/mol. The Morgan fingerprint density at radius 2 is 1.02 bits per heavy atom. The zero-order chi connectivity index (χ0) is 33.5. The van der Waals surface area contributed by atoms with Gasteiger partial charge >= 0.3 is 0 Å². The van der Waals surface area contributed by atoms with Crippen molar-refractivity contribution in [3.8, 4) is 39.9 Å². The highest BCUT2D eigenvalue weighted by molar-refractivity contribution is 7.27. The van der Waals surface area contributed by atoms with Gasteiger partial charge in [0.1, 0.15) is 11.2 Å². The summed E-state index contributed by atoms with van der Waals surface area (Å²) in [6.07, 6.45) is 0. The van der Waals surface area contributed by atoms with Crippen LogP contribution in [0.2, 0.25) is 0 Å². The van der Waals surface area contributed by atoms with Gasteiger partial charge in [0.25, 0.3) is 0 Å². The van der Waals surface area contributed by atoms with E-state index in [1.807, 2.05) is 84.1 Å². The predicted molar refractivity (Wildman–Crippen MR) is 211 cm³/mol. The van der Waals surface area contributed by atoms with E-state index in [-0.39, 0.29) is 0 Å². The number of para-hydroxylation sites is 2. The number of hydrogen-bond donors (Lipinski definition) is 0. The van der Waals surface area contributed by atoms with Crippen molar-refractivity contribution in [2.24, 2.45) is 0 Å². The Bertz CT molecular complexity index is 3030. The first-order valence-electron chi connectivity index (χ1n) is 17.0. The Morgan fingerprint density at radius 3 is 1.71 bits per heavy atom. The van der Waals surface area contributed by atoms with Crippen LogP contribution in [0.4, 0.5) is 0 Å². The van der Waals surface area contributed by atoms with Gasteiger partial charge in [0.15, 0.2) is 17.5 Å². The molecule has 0 aliphatic carbocycles. The van der Waals surface area contributed by atoms with E-state index < -0.39 is 0 Å². The molecular formula is C45H26N4OS. The Kier molecular flexibility index (Phi) is 6.05. The van der Waals surface area contributed by atoms with E-state index in [2.05, 4.69) is 89.5 Å². The molecule has 0 unspecified atom stereocenters. The molecule has 4 aromatic heterocycles. The van der Waals surface area contributed by atoms with Gasteiger partial charge in [-0.1, -0.05) is 115 Å². The van der Waals surface area contributed by atoms with Crippen LogP contribution < -0.4 is 0 Å². The molecule has 4 heterocycles.